The number of aromatic nitrogens is 4. The van der Waals surface area contributed by atoms with Gasteiger partial charge in [-0.2, -0.15) is 0 Å². The number of rotatable bonds is 8. The van der Waals surface area contributed by atoms with Crippen molar-refractivity contribution in [1.29, 1.82) is 0 Å². The van der Waals surface area contributed by atoms with Crippen LogP contribution in [0.2, 0.25) is 0 Å². The highest BCUT2D eigenvalue weighted by molar-refractivity contribution is 5.61. The molecule has 3 heterocycles. The molecule has 4 rings (SSSR count). The monoisotopic (exact) mass is 364 g/mol. The lowest BCUT2D eigenvalue weighted by Gasteiger charge is -2.17. The summed E-state index contributed by atoms with van der Waals surface area (Å²) in [6.45, 7) is 5.19. The molecule has 0 aromatic carbocycles. The van der Waals surface area contributed by atoms with Gasteiger partial charge in [-0.05, 0) is 50.8 Å². The standard InChI is InChI=1S/C21H28N6/c1-3-15(6-5-11-22)25-19-8-4-7-16(26-19)17-12-24-20-13-23-18(14-27(17)20)21(2)9-10-21/h4,7-8,12-15H,3,5-6,9-11,22H2,1-2H3,(H,25,26)/t15-/m0/s1. The van der Waals surface area contributed by atoms with Crippen molar-refractivity contribution in [2.75, 3.05) is 11.9 Å². The van der Waals surface area contributed by atoms with Gasteiger partial charge >= 0.3 is 0 Å². The third-order valence-electron chi connectivity index (χ3n) is 5.63. The molecule has 0 unspecified atom stereocenters. The van der Waals surface area contributed by atoms with Crippen LogP contribution in [0.5, 0.6) is 0 Å². The Morgan fingerprint density at radius 2 is 2.11 bits per heavy atom. The molecule has 3 aromatic heterocycles. The Balaban J connectivity index is 1.63. The molecule has 0 radical (unpaired) electrons. The number of pyridine rings is 1. The Kier molecular flexibility index (Phi) is 4.83. The molecule has 0 amide bonds. The topological polar surface area (TPSA) is 81.1 Å². The van der Waals surface area contributed by atoms with Gasteiger partial charge in [0.05, 0.1) is 29.5 Å². The smallest absolute Gasteiger partial charge is 0.155 e. The van der Waals surface area contributed by atoms with Crippen molar-refractivity contribution in [3.05, 3.63) is 42.5 Å². The Labute approximate surface area is 160 Å². The number of nitrogens with zero attached hydrogens (tertiary/aromatic N) is 4. The average molecular weight is 364 g/mol. The lowest BCUT2D eigenvalue weighted by molar-refractivity contribution is 0.604. The van der Waals surface area contributed by atoms with Gasteiger partial charge in [-0.3, -0.25) is 9.38 Å². The van der Waals surface area contributed by atoms with Gasteiger partial charge in [-0.15, -0.1) is 0 Å². The van der Waals surface area contributed by atoms with Crippen molar-refractivity contribution in [3.8, 4) is 11.4 Å². The first kappa shape index (κ1) is 17.9. The fourth-order valence-corrected chi connectivity index (χ4v) is 3.44. The number of fused-ring (bicyclic) bond motifs is 1. The predicted octanol–water partition coefficient (Wildman–Crippen LogP) is 3.77. The number of hydrogen-bond donors (Lipinski definition) is 2. The molecule has 1 fully saturated rings. The quantitative estimate of drug-likeness (QED) is 0.636. The fraction of sp³-hybridized carbons (Fsp3) is 0.476. The molecule has 27 heavy (non-hydrogen) atoms. The van der Waals surface area contributed by atoms with Crippen LogP contribution in [0.15, 0.2) is 36.8 Å². The molecule has 0 spiro atoms. The molecule has 1 atom stereocenters. The zero-order valence-corrected chi connectivity index (χ0v) is 16.2. The van der Waals surface area contributed by atoms with Gasteiger partial charge in [-0.25, -0.2) is 9.97 Å². The zero-order valence-electron chi connectivity index (χ0n) is 16.2. The molecular formula is C21H28N6. The van der Waals surface area contributed by atoms with E-state index in [-0.39, 0.29) is 5.41 Å². The Morgan fingerprint density at radius 3 is 2.85 bits per heavy atom. The van der Waals surface area contributed by atoms with Gasteiger partial charge < -0.3 is 11.1 Å². The maximum Gasteiger partial charge on any atom is 0.155 e. The van der Waals surface area contributed by atoms with Gasteiger partial charge in [0, 0.05) is 17.7 Å². The van der Waals surface area contributed by atoms with Gasteiger partial charge in [0.25, 0.3) is 0 Å². The second-order valence-corrected chi connectivity index (χ2v) is 7.79. The summed E-state index contributed by atoms with van der Waals surface area (Å²) >= 11 is 0. The van der Waals surface area contributed by atoms with Crippen LogP contribution in [-0.2, 0) is 5.41 Å². The van der Waals surface area contributed by atoms with E-state index in [2.05, 4.69) is 39.7 Å². The molecule has 1 aliphatic carbocycles. The largest absolute Gasteiger partial charge is 0.367 e. The number of hydrogen-bond acceptors (Lipinski definition) is 5. The second-order valence-electron chi connectivity index (χ2n) is 7.79. The van der Waals surface area contributed by atoms with Crippen molar-refractivity contribution < 1.29 is 0 Å². The van der Waals surface area contributed by atoms with E-state index in [4.69, 9.17) is 10.7 Å². The number of nitrogens with one attached hydrogen (secondary N) is 1. The lowest BCUT2D eigenvalue weighted by atomic mass is 10.1. The Morgan fingerprint density at radius 1 is 1.26 bits per heavy atom. The maximum absolute atomic E-state index is 5.65. The minimum Gasteiger partial charge on any atom is -0.367 e. The van der Waals surface area contributed by atoms with E-state index in [0.29, 0.717) is 6.04 Å². The van der Waals surface area contributed by atoms with Gasteiger partial charge in [0.2, 0.25) is 0 Å². The highest BCUT2D eigenvalue weighted by Gasteiger charge is 2.40. The summed E-state index contributed by atoms with van der Waals surface area (Å²) in [7, 11) is 0. The molecule has 0 saturated heterocycles. The molecular weight excluding hydrogens is 336 g/mol. The van der Waals surface area contributed by atoms with E-state index in [1.54, 1.807) is 0 Å². The highest BCUT2D eigenvalue weighted by Crippen LogP contribution is 2.46. The molecule has 1 saturated carbocycles. The fourth-order valence-electron chi connectivity index (χ4n) is 3.44. The van der Waals surface area contributed by atoms with E-state index in [9.17, 15) is 0 Å². The molecule has 3 N–H and O–H groups in total. The molecule has 3 aromatic rings. The number of anilines is 1. The van der Waals surface area contributed by atoms with Crippen molar-refractivity contribution in [1.82, 2.24) is 19.4 Å². The summed E-state index contributed by atoms with van der Waals surface area (Å²) < 4.78 is 2.11. The lowest BCUT2D eigenvalue weighted by Crippen LogP contribution is -2.20. The predicted molar refractivity (Wildman–Crippen MR) is 109 cm³/mol. The molecule has 0 aliphatic heterocycles. The van der Waals surface area contributed by atoms with Crippen LogP contribution < -0.4 is 11.1 Å². The SMILES string of the molecule is CC[C@@H](CCCN)Nc1cccc(-c2cnc3cnc(C4(C)CC4)cn23)n1. The van der Waals surface area contributed by atoms with E-state index in [0.717, 1.165) is 54.4 Å². The van der Waals surface area contributed by atoms with E-state index >= 15 is 0 Å². The second kappa shape index (κ2) is 7.27. The third kappa shape index (κ3) is 3.67. The minimum atomic E-state index is 0.226. The van der Waals surface area contributed by atoms with Gasteiger partial charge in [0.1, 0.15) is 5.82 Å². The highest BCUT2D eigenvalue weighted by atomic mass is 15.1. The molecule has 0 bridgehead atoms. The van der Waals surface area contributed by atoms with Crippen LogP contribution in [0.3, 0.4) is 0 Å². The van der Waals surface area contributed by atoms with Gasteiger partial charge in [-0.1, -0.05) is 19.9 Å². The third-order valence-corrected chi connectivity index (χ3v) is 5.63. The summed E-state index contributed by atoms with van der Waals surface area (Å²) in [5.74, 6) is 0.898. The van der Waals surface area contributed by atoms with Crippen LogP contribution in [0.25, 0.3) is 17.0 Å². The Bertz CT molecular complexity index is 927. The maximum atomic E-state index is 5.65. The molecule has 1 aliphatic rings. The summed E-state index contributed by atoms with van der Waals surface area (Å²) in [5.41, 5.74) is 9.78. The number of nitrogens with two attached hydrogens (primary N) is 1. The first-order valence-electron chi connectivity index (χ1n) is 9.90. The van der Waals surface area contributed by atoms with Crippen molar-refractivity contribution in [2.24, 2.45) is 5.73 Å². The van der Waals surface area contributed by atoms with Crippen LogP contribution in [0.1, 0.15) is 51.6 Å². The van der Waals surface area contributed by atoms with Crippen molar-refractivity contribution >= 4 is 11.5 Å². The number of imidazole rings is 1. The van der Waals surface area contributed by atoms with Gasteiger partial charge in [0.15, 0.2) is 5.65 Å². The van der Waals surface area contributed by atoms with Crippen LogP contribution in [0.4, 0.5) is 5.82 Å². The van der Waals surface area contributed by atoms with Crippen LogP contribution in [0, 0.1) is 0 Å². The van der Waals surface area contributed by atoms with Crippen LogP contribution in [-0.4, -0.2) is 31.9 Å². The Hall–Kier alpha value is -2.47. The first-order valence-corrected chi connectivity index (χ1v) is 9.90. The summed E-state index contributed by atoms with van der Waals surface area (Å²) in [6.07, 6.45) is 11.4. The van der Waals surface area contributed by atoms with E-state index in [1.165, 1.54) is 12.8 Å². The summed E-state index contributed by atoms with van der Waals surface area (Å²) in [6, 6.07) is 6.50. The average Bonchev–Trinajstić information content (AvgIpc) is 3.30. The normalized spacial score (nSPS) is 16.4. The van der Waals surface area contributed by atoms with Crippen molar-refractivity contribution in [2.45, 2.75) is 57.4 Å². The molecule has 6 nitrogen and oxygen atoms in total. The first-order chi connectivity index (χ1) is 13.1. The van der Waals surface area contributed by atoms with Crippen molar-refractivity contribution in [3.63, 3.8) is 0 Å². The zero-order chi connectivity index (χ0) is 18.9. The van der Waals surface area contributed by atoms with E-state index in [1.807, 2.05) is 30.6 Å². The molecule has 6 heteroatoms. The molecule has 142 valence electrons. The minimum absolute atomic E-state index is 0.226. The van der Waals surface area contributed by atoms with E-state index < -0.39 is 0 Å². The summed E-state index contributed by atoms with van der Waals surface area (Å²) in [4.78, 5) is 14.0. The summed E-state index contributed by atoms with van der Waals surface area (Å²) in [5, 5.41) is 3.55. The van der Waals surface area contributed by atoms with Crippen LogP contribution >= 0.6 is 0 Å².